The highest BCUT2D eigenvalue weighted by molar-refractivity contribution is 9.10. The summed E-state index contributed by atoms with van der Waals surface area (Å²) in [7, 11) is 0. The first-order chi connectivity index (χ1) is 10.5. The number of hydrogen-bond acceptors (Lipinski definition) is 3. The molecule has 1 aromatic rings. The van der Waals surface area contributed by atoms with E-state index >= 15 is 0 Å². The van der Waals surface area contributed by atoms with Crippen molar-refractivity contribution in [1.29, 1.82) is 0 Å². The number of piperazine rings is 1. The zero-order chi connectivity index (χ0) is 16.1. The molecule has 0 saturated carbocycles. The van der Waals surface area contributed by atoms with Gasteiger partial charge in [-0.3, -0.25) is 14.5 Å². The zero-order valence-corrected chi connectivity index (χ0v) is 14.6. The molecule has 1 N–H and O–H groups in total. The molecule has 1 aliphatic heterocycles. The third-order valence-electron chi connectivity index (χ3n) is 3.87. The molecule has 1 fully saturated rings. The largest absolute Gasteiger partial charge is 0.340 e. The second-order valence-electron chi connectivity index (χ2n) is 5.63. The Bertz CT molecular complexity index is 554. The SMILES string of the molecule is CC(=O)N1CCN(CCC(=O)Nc2ccc(C)cc2Br)CC1. The van der Waals surface area contributed by atoms with Crippen molar-refractivity contribution in [3.8, 4) is 0 Å². The zero-order valence-electron chi connectivity index (χ0n) is 13.1. The molecule has 5 nitrogen and oxygen atoms in total. The van der Waals surface area contributed by atoms with Crippen LogP contribution in [0.25, 0.3) is 0 Å². The Morgan fingerprint density at radius 2 is 1.91 bits per heavy atom. The van der Waals surface area contributed by atoms with Gasteiger partial charge in [0.1, 0.15) is 0 Å². The maximum atomic E-state index is 12.0. The second kappa shape index (κ2) is 7.74. The molecule has 0 spiro atoms. The highest BCUT2D eigenvalue weighted by Crippen LogP contribution is 2.23. The third-order valence-corrected chi connectivity index (χ3v) is 4.53. The fourth-order valence-electron chi connectivity index (χ4n) is 2.48. The third kappa shape index (κ3) is 4.81. The van der Waals surface area contributed by atoms with Crippen molar-refractivity contribution in [2.75, 3.05) is 38.0 Å². The van der Waals surface area contributed by atoms with Crippen LogP contribution in [0.3, 0.4) is 0 Å². The first-order valence-corrected chi connectivity index (χ1v) is 8.29. The fraction of sp³-hybridized carbons (Fsp3) is 0.500. The lowest BCUT2D eigenvalue weighted by Crippen LogP contribution is -2.48. The number of anilines is 1. The van der Waals surface area contributed by atoms with Gasteiger partial charge in [-0.05, 0) is 40.5 Å². The predicted molar refractivity (Wildman–Crippen MR) is 90.8 cm³/mol. The van der Waals surface area contributed by atoms with Gasteiger partial charge in [-0.1, -0.05) is 6.07 Å². The van der Waals surface area contributed by atoms with Crippen LogP contribution < -0.4 is 5.32 Å². The Hall–Kier alpha value is -1.40. The van der Waals surface area contributed by atoms with E-state index in [1.807, 2.05) is 30.0 Å². The number of aryl methyl sites for hydroxylation is 1. The first kappa shape index (κ1) is 17.0. The van der Waals surface area contributed by atoms with Crippen LogP contribution in [0.1, 0.15) is 18.9 Å². The van der Waals surface area contributed by atoms with E-state index in [1.54, 1.807) is 6.92 Å². The molecule has 0 aromatic heterocycles. The summed E-state index contributed by atoms with van der Waals surface area (Å²) in [5.41, 5.74) is 1.95. The molecule has 0 bridgehead atoms. The Balaban J connectivity index is 1.75. The van der Waals surface area contributed by atoms with Crippen LogP contribution in [0, 0.1) is 6.92 Å². The van der Waals surface area contributed by atoms with Crippen LogP contribution in [0.5, 0.6) is 0 Å². The molecule has 1 aliphatic rings. The minimum Gasteiger partial charge on any atom is -0.340 e. The van der Waals surface area contributed by atoms with Gasteiger partial charge in [-0.15, -0.1) is 0 Å². The van der Waals surface area contributed by atoms with Gasteiger partial charge in [-0.2, -0.15) is 0 Å². The topological polar surface area (TPSA) is 52.7 Å². The predicted octanol–water partition coefficient (Wildman–Crippen LogP) is 2.25. The number of nitrogens with one attached hydrogen (secondary N) is 1. The number of rotatable bonds is 4. The number of hydrogen-bond donors (Lipinski definition) is 1. The van der Waals surface area contributed by atoms with Crippen molar-refractivity contribution in [1.82, 2.24) is 9.80 Å². The van der Waals surface area contributed by atoms with E-state index in [9.17, 15) is 9.59 Å². The van der Waals surface area contributed by atoms with Crippen LogP contribution in [0.15, 0.2) is 22.7 Å². The molecule has 2 amide bonds. The van der Waals surface area contributed by atoms with Gasteiger partial charge in [0.2, 0.25) is 11.8 Å². The van der Waals surface area contributed by atoms with Crippen molar-refractivity contribution < 1.29 is 9.59 Å². The molecule has 120 valence electrons. The van der Waals surface area contributed by atoms with Gasteiger partial charge in [0, 0.05) is 50.5 Å². The second-order valence-corrected chi connectivity index (χ2v) is 6.48. The highest BCUT2D eigenvalue weighted by atomic mass is 79.9. The number of carbonyl (C=O) groups excluding carboxylic acids is 2. The van der Waals surface area contributed by atoms with Crippen molar-refractivity contribution in [3.05, 3.63) is 28.2 Å². The lowest BCUT2D eigenvalue weighted by molar-refractivity contribution is -0.130. The molecular formula is C16H22BrN3O2. The van der Waals surface area contributed by atoms with Gasteiger partial charge in [0.05, 0.1) is 5.69 Å². The first-order valence-electron chi connectivity index (χ1n) is 7.49. The van der Waals surface area contributed by atoms with Crippen LogP contribution in [0.4, 0.5) is 5.69 Å². The Morgan fingerprint density at radius 1 is 1.23 bits per heavy atom. The summed E-state index contributed by atoms with van der Waals surface area (Å²) < 4.78 is 0.899. The normalized spacial score (nSPS) is 15.7. The maximum absolute atomic E-state index is 12.0. The average molecular weight is 368 g/mol. The standard InChI is InChI=1S/C16H22BrN3O2/c1-12-3-4-15(14(17)11-12)18-16(22)5-6-19-7-9-20(10-8-19)13(2)21/h3-4,11H,5-10H2,1-2H3,(H,18,22). The molecule has 0 radical (unpaired) electrons. The fourth-order valence-corrected chi connectivity index (χ4v) is 3.07. The van der Waals surface area contributed by atoms with Gasteiger partial charge in [0.15, 0.2) is 0 Å². The minimum atomic E-state index is 0.0125. The van der Waals surface area contributed by atoms with E-state index in [0.29, 0.717) is 6.42 Å². The number of benzene rings is 1. The monoisotopic (exact) mass is 367 g/mol. The van der Waals surface area contributed by atoms with Crippen LogP contribution >= 0.6 is 15.9 Å². The molecule has 22 heavy (non-hydrogen) atoms. The lowest BCUT2D eigenvalue weighted by atomic mass is 10.2. The molecule has 6 heteroatoms. The van der Waals surface area contributed by atoms with Gasteiger partial charge in [0.25, 0.3) is 0 Å². The highest BCUT2D eigenvalue weighted by Gasteiger charge is 2.18. The van der Waals surface area contributed by atoms with Crippen molar-refractivity contribution in [2.45, 2.75) is 20.3 Å². The summed E-state index contributed by atoms with van der Waals surface area (Å²) >= 11 is 3.46. The summed E-state index contributed by atoms with van der Waals surface area (Å²) in [6.07, 6.45) is 0.459. The van der Waals surface area contributed by atoms with E-state index in [4.69, 9.17) is 0 Å². The minimum absolute atomic E-state index is 0.0125. The summed E-state index contributed by atoms with van der Waals surface area (Å²) in [4.78, 5) is 27.4. The molecule has 1 saturated heterocycles. The van der Waals surface area contributed by atoms with E-state index in [0.717, 1.165) is 48.4 Å². The summed E-state index contributed by atoms with van der Waals surface area (Å²) in [6.45, 7) is 7.50. The molecule has 0 atom stereocenters. The van der Waals surface area contributed by atoms with Crippen molar-refractivity contribution >= 4 is 33.4 Å². The van der Waals surface area contributed by atoms with E-state index in [1.165, 1.54) is 0 Å². The Morgan fingerprint density at radius 3 is 2.50 bits per heavy atom. The van der Waals surface area contributed by atoms with Crippen molar-refractivity contribution in [3.63, 3.8) is 0 Å². The molecule has 2 rings (SSSR count). The van der Waals surface area contributed by atoms with Crippen molar-refractivity contribution in [2.24, 2.45) is 0 Å². The summed E-state index contributed by atoms with van der Waals surface area (Å²) in [5.74, 6) is 0.139. The maximum Gasteiger partial charge on any atom is 0.225 e. The van der Waals surface area contributed by atoms with Gasteiger partial charge < -0.3 is 10.2 Å². The Labute approximate surface area is 139 Å². The van der Waals surface area contributed by atoms with Crippen LogP contribution in [-0.4, -0.2) is 54.3 Å². The number of amides is 2. The molecule has 0 unspecified atom stereocenters. The lowest BCUT2D eigenvalue weighted by Gasteiger charge is -2.34. The van der Waals surface area contributed by atoms with Crippen LogP contribution in [-0.2, 0) is 9.59 Å². The molecule has 1 aromatic carbocycles. The van der Waals surface area contributed by atoms with E-state index in [2.05, 4.69) is 26.1 Å². The smallest absolute Gasteiger partial charge is 0.225 e. The van der Waals surface area contributed by atoms with E-state index in [-0.39, 0.29) is 11.8 Å². The van der Waals surface area contributed by atoms with E-state index < -0.39 is 0 Å². The number of carbonyl (C=O) groups is 2. The Kier molecular flexibility index (Phi) is 5.97. The number of halogens is 1. The molecular weight excluding hydrogens is 346 g/mol. The average Bonchev–Trinajstić information content (AvgIpc) is 2.48. The molecule has 0 aliphatic carbocycles. The van der Waals surface area contributed by atoms with Crippen LogP contribution in [0.2, 0.25) is 0 Å². The quantitative estimate of drug-likeness (QED) is 0.887. The number of nitrogens with zero attached hydrogens (tertiary/aromatic N) is 2. The van der Waals surface area contributed by atoms with Gasteiger partial charge in [-0.25, -0.2) is 0 Å². The molecule has 1 heterocycles. The van der Waals surface area contributed by atoms with Gasteiger partial charge >= 0.3 is 0 Å². The summed E-state index contributed by atoms with van der Waals surface area (Å²) in [6, 6.07) is 5.86. The summed E-state index contributed by atoms with van der Waals surface area (Å²) in [5, 5.41) is 2.93.